The molecule has 3 aliphatic heterocycles. The first-order valence-corrected chi connectivity index (χ1v) is 13.0. The zero-order chi connectivity index (χ0) is 26.9. The predicted octanol–water partition coefficient (Wildman–Crippen LogP) is 4.81. The highest BCUT2D eigenvalue weighted by Gasteiger charge is 2.45. The van der Waals surface area contributed by atoms with Crippen molar-refractivity contribution >= 4 is 22.7 Å². The number of nitrogens with zero attached hydrogens (tertiary/aromatic N) is 4. The number of hydrogen-bond donors (Lipinski definition) is 0. The van der Waals surface area contributed by atoms with Crippen LogP contribution in [0.2, 0.25) is 0 Å². The van der Waals surface area contributed by atoms with Crippen LogP contribution in [0.15, 0.2) is 79.0 Å². The van der Waals surface area contributed by atoms with Gasteiger partial charge in [0.25, 0.3) is 11.8 Å². The van der Waals surface area contributed by atoms with Crippen LogP contribution in [-0.4, -0.2) is 69.3 Å². The lowest BCUT2D eigenvalue weighted by Gasteiger charge is -2.53. The van der Waals surface area contributed by atoms with Crippen molar-refractivity contribution in [1.82, 2.24) is 19.3 Å². The van der Waals surface area contributed by atoms with E-state index in [1.54, 1.807) is 12.3 Å². The molecule has 9 heteroatoms. The molecular formula is C30H25F3N4O2. The third-order valence-corrected chi connectivity index (χ3v) is 8.26. The maximum absolute atomic E-state index is 13.1. The Bertz CT molecular complexity index is 1600. The van der Waals surface area contributed by atoms with Crippen molar-refractivity contribution in [3.63, 3.8) is 0 Å². The lowest BCUT2D eigenvalue weighted by Crippen LogP contribution is -2.70. The summed E-state index contributed by atoms with van der Waals surface area (Å²) in [5, 5.41) is 0.847. The molecule has 2 amide bonds. The topological polar surface area (TPSA) is 48.8 Å². The van der Waals surface area contributed by atoms with Crippen LogP contribution in [-0.2, 0) is 12.7 Å². The van der Waals surface area contributed by atoms with Gasteiger partial charge in [-0.2, -0.15) is 13.2 Å². The molecule has 0 bridgehead atoms. The van der Waals surface area contributed by atoms with Crippen LogP contribution in [0.5, 0.6) is 0 Å². The van der Waals surface area contributed by atoms with Crippen molar-refractivity contribution in [1.29, 1.82) is 0 Å². The quantitative estimate of drug-likeness (QED) is 0.381. The summed E-state index contributed by atoms with van der Waals surface area (Å²) in [7, 11) is 0. The monoisotopic (exact) mass is 530 g/mol. The third kappa shape index (κ3) is 3.99. The van der Waals surface area contributed by atoms with Gasteiger partial charge in [-0.05, 0) is 60.2 Å². The van der Waals surface area contributed by atoms with Crippen molar-refractivity contribution in [2.75, 3.05) is 26.2 Å². The van der Waals surface area contributed by atoms with Crippen LogP contribution in [0.4, 0.5) is 13.2 Å². The molecule has 0 N–H and O–H groups in total. The summed E-state index contributed by atoms with van der Waals surface area (Å²) < 4.78 is 40.5. The van der Waals surface area contributed by atoms with Crippen LogP contribution in [0, 0.1) is 0 Å². The van der Waals surface area contributed by atoms with Gasteiger partial charge in [0.15, 0.2) is 0 Å². The van der Waals surface area contributed by atoms with E-state index in [1.807, 2.05) is 56.8 Å². The van der Waals surface area contributed by atoms with E-state index in [1.165, 1.54) is 12.1 Å². The Morgan fingerprint density at radius 2 is 1.59 bits per heavy atom. The number of fused-ring (bicyclic) bond motifs is 2. The van der Waals surface area contributed by atoms with Gasteiger partial charge in [-0.25, -0.2) is 0 Å². The van der Waals surface area contributed by atoms with Gasteiger partial charge in [0, 0.05) is 67.2 Å². The zero-order valence-electron chi connectivity index (χ0n) is 20.9. The van der Waals surface area contributed by atoms with Gasteiger partial charge in [0.2, 0.25) is 0 Å². The lowest BCUT2D eigenvalue weighted by molar-refractivity contribution is -0.137. The van der Waals surface area contributed by atoms with E-state index >= 15 is 0 Å². The van der Waals surface area contributed by atoms with Crippen LogP contribution >= 0.6 is 0 Å². The Labute approximate surface area is 222 Å². The van der Waals surface area contributed by atoms with Gasteiger partial charge in [-0.3, -0.25) is 14.5 Å². The van der Waals surface area contributed by atoms with Crippen LogP contribution in [0.25, 0.3) is 16.6 Å². The summed E-state index contributed by atoms with van der Waals surface area (Å²) in [6.45, 7) is 3.65. The highest BCUT2D eigenvalue weighted by molar-refractivity contribution is 5.99. The molecule has 39 heavy (non-hydrogen) atoms. The lowest BCUT2D eigenvalue weighted by atomic mass is 9.97. The SMILES string of the molecule is O=C(c1ccc2c(ccn2-c2ccc(C(F)(F)F)cc2)c1)N1CC(N2CC(N3Cc4ccccc4C3=O)C2)C1. The fourth-order valence-electron chi connectivity index (χ4n) is 5.90. The highest BCUT2D eigenvalue weighted by atomic mass is 19.4. The van der Waals surface area contributed by atoms with Crippen LogP contribution in [0.1, 0.15) is 31.8 Å². The molecule has 198 valence electrons. The van der Waals surface area contributed by atoms with Gasteiger partial charge < -0.3 is 14.4 Å². The predicted molar refractivity (Wildman–Crippen MR) is 140 cm³/mol. The number of amides is 2. The third-order valence-electron chi connectivity index (χ3n) is 8.26. The number of hydrogen-bond acceptors (Lipinski definition) is 3. The number of aromatic nitrogens is 1. The average molecular weight is 531 g/mol. The first-order chi connectivity index (χ1) is 18.8. The maximum Gasteiger partial charge on any atom is 0.416 e. The summed E-state index contributed by atoms with van der Waals surface area (Å²) in [5.41, 5.74) is 3.24. The van der Waals surface area contributed by atoms with E-state index in [4.69, 9.17) is 0 Å². The minimum absolute atomic E-state index is 0.0299. The van der Waals surface area contributed by atoms with Gasteiger partial charge in [-0.1, -0.05) is 18.2 Å². The normalized spacial score (nSPS) is 18.4. The van der Waals surface area contributed by atoms with E-state index in [0.29, 0.717) is 36.9 Å². The standard InChI is InChI=1S/C30H25F3N4O2/c31-30(32,33)22-6-8-23(9-7-22)36-12-11-19-13-20(5-10-27(19)36)28(38)35-15-24(16-35)34-17-25(18-34)37-14-21-3-1-2-4-26(21)29(37)39/h1-13,24-25H,14-18H2. The molecule has 7 rings (SSSR count). The Morgan fingerprint density at radius 1 is 0.846 bits per heavy atom. The Kier molecular flexibility index (Phi) is 5.35. The Hall–Kier alpha value is -4.11. The average Bonchev–Trinajstić information content (AvgIpc) is 3.44. The summed E-state index contributed by atoms with van der Waals surface area (Å²) in [5.74, 6) is 0.0842. The van der Waals surface area contributed by atoms with Crippen molar-refractivity contribution in [2.45, 2.75) is 24.8 Å². The number of carbonyl (C=O) groups excluding carboxylic acids is 2. The van der Waals surface area contributed by atoms with E-state index in [0.717, 1.165) is 47.3 Å². The summed E-state index contributed by atoms with van der Waals surface area (Å²) in [6, 6.07) is 20.6. The molecule has 0 saturated carbocycles. The highest BCUT2D eigenvalue weighted by Crippen LogP contribution is 2.32. The fraction of sp³-hybridized carbons (Fsp3) is 0.267. The first kappa shape index (κ1) is 24.0. The van der Waals surface area contributed by atoms with Crippen LogP contribution < -0.4 is 0 Å². The number of halogens is 3. The number of benzene rings is 3. The van der Waals surface area contributed by atoms with Crippen molar-refractivity contribution in [2.24, 2.45) is 0 Å². The van der Waals surface area contributed by atoms with Crippen molar-refractivity contribution in [3.8, 4) is 5.69 Å². The van der Waals surface area contributed by atoms with Gasteiger partial charge in [0.1, 0.15) is 0 Å². The smallest absolute Gasteiger partial charge is 0.335 e. The van der Waals surface area contributed by atoms with Crippen molar-refractivity contribution < 1.29 is 22.8 Å². The molecule has 0 aliphatic carbocycles. The molecule has 6 nitrogen and oxygen atoms in total. The second-order valence-electron chi connectivity index (χ2n) is 10.6. The summed E-state index contributed by atoms with van der Waals surface area (Å²) in [6.07, 6.45) is -2.58. The molecular weight excluding hydrogens is 505 g/mol. The van der Waals surface area contributed by atoms with Gasteiger partial charge in [0.05, 0.1) is 17.1 Å². The molecule has 3 aromatic carbocycles. The van der Waals surface area contributed by atoms with E-state index < -0.39 is 11.7 Å². The van der Waals surface area contributed by atoms with Crippen LogP contribution in [0.3, 0.4) is 0 Å². The van der Waals surface area contributed by atoms with Gasteiger partial charge in [-0.15, -0.1) is 0 Å². The fourth-order valence-corrected chi connectivity index (χ4v) is 5.90. The molecule has 2 fully saturated rings. The first-order valence-electron chi connectivity index (χ1n) is 13.0. The summed E-state index contributed by atoms with van der Waals surface area (Å²) >= 11 is 0. The summed E-state index contributed by atoms with van der Waals surface area (Å²) in [4.78, 5) is 32.0. The van der Waals surface area contributed by atoms with E-state index in [2.05, 4.69) is 4.90 Å². The second kappa shape index (κ2) is 8.71. The number of rotatable bonds is 4. The van der Waals surface area contributed by atoms with Crippen molar-refractivity contribution in [3.05, 3.63) is 101 Å². The van der Waals surface area contributed by atoms with E-state index in [-0.39, 0.29) is 17.9 Å². The molecule has 0 spiro atoms. The maximum atomic E-state index is 13.1. The second-order valence-corrected chi connectivity index (χ2v) is 10.6. The molecule has 4 heterocycles. The molecule has 1 aromatic heterocycles. The number of alkyl halides is 3. The Balaban J connectivity index is 0.965. The molecule has 0 radical (unpaired) electrons. The molecule has 0 atom stereocenters. The largest absolute Gasteiger partial charge is 0.416 e. The van der Waals surface area contributed by atoms with E-state index in [9.17, 15) is 22.8 Å². The molecule has 0 unspecified atom stereocenters. The number of carbonyl (C=O) groups is 2. The Morgan fingerprint density at radius 3 is 2.31 bits per heavy atom. The zero-order valence-corrected chi connectivity index (χ0v) is 20.9. The molecule has 3 aliphatic rings. The molecule has 4 aromatic rings. The van der Waals surface area contributed by atoms with Gasteiger partial charge >= 0.3 is 6.18 Å². The number of likely N-dealkylation sites (tertiary alicyclic amines) is 2. The molecule has 2 saturated heterocycles. The minimum Gasteiger partial charge on any atom is -0.335 e. The minimum atomic E-state index is -4.38.